The predicted molar refractivity (Wildman–Crippen MR) is 247 cm³/mol. The van der Waals surface area contributed by atoms with Crippen LogP contribution >= 0.6 is 11.3 Å². The maximum atomic E-state index is 5.37. The van der Waals surface area contributed by atoms with Crippen molar-refractivity contribution in [2.24, 2.45) is 0 Å². The molecule has 0 saturated heterocycles. The molecule has 0 aliphatic rings. The Hall–Kier alpha value is -7.21. The van der Waals surface area contributed by atoms with Gasteiger partial charge in [0.2, 0.25) is 5.95 Å². The van der Waals surface area contributed by atoms with Crippen molar-refractivity contribution >= 4 is 85.6 Å². The fourth-order valence-electron chi connectivity index (χ4n) is 8.61. The maximum absolute atomic E-state index is 5.37. The van der Waals surface area contributed by atoms with Crippen LogP contribution in [0.15, 0.2) is 182 Å². The summed E-state index contributed by atoms with van der Waals surface area (Å²) in [5.74, 6) is 1.84. The molecule has 0 saturated carbocycles. The van der Waals surface area contributed by atoms with E-state index in [4.69, 9.17) is 15.0 Å². The summed E-state index contributed by atoms with van der Waals surface area (Å²) in [6.45, 7) is 4.00. The lowest BCUT2D eigenvalue weighted by Crippen LogP contribution is -2.07. The summed E-state index contributed by atoms with van der Waals surface area (Å²) in [4.78, 5) is 15.8. The maximum Gasteiger partial charge on any atom is 0.238 e. The van der Waals surface area contributed by atoms with Gasteiger partial charge in [0.15, 0.2) is 11.6 Å². The molecule has 0 spiro atoms. The van der Waals surface area contributed by atoms with Gasteiger partial charge >= 0.3 is 0 Å². The Kier molecular flexibility index (Phi) is 8.09. The second kappa shape index (κ2) is 13.8. The second-order valence-electron chi connectivity index (χ2n) is 14.4. The molecule has 9 aromatic carbocycles. The molecule has 0 fully saturated rings. The van der Waals surface area contributed by atoms with Crippen LogP contribution < -0.4 is 0 Å². The van der Waals surface area contributed by atoms with Gasteiger partial charge in [-0.05, 0) is 50.7 Å². The van der Waals surface area contributed by atoms with E-state index in [0.717, 1.165) is 60.2 Å². The number of para-hydroxylation sites is 1. The summed E-state index contributed by atoms with van der Waals surface area (Å²) in [6.07, 6.45) is 0. The number of hydrogen-bond acceptors (Lipinski definition) is 4. The Morgan fingerprint density at radius 1 is 0.379 bits per heavy atom. The molecule has 0 radical (unpaired) electrons. The quantitative estimate of drug-likeness (QED) is 0.179. The van der Waals surface area contributed by atoms with E-state index in [0.29, 0.717) is 17.6 Å². The summed E-state index contributed by atoms with van der Waals surface area (Å²) in [5.41, 5.74) is 6.30. The van der Waals surface area contributed by atoms with E-state index < -0.39 is 0 Å². The first-order valence-electron chi connectivity index (χ1n) is 19.9. The minimum Gasteiger partial charge on any atom is -0.277 e. The van der Waals surface area contributed by atoms with E-state index >= 15 is 0 Å². The third-order valence-electron chi connectivity index (χ3n) is 11.2. The van der Waals surface area contributed by atoms with Crippen LogP contribution in [0.5, 0.6) is 0 Å². The number of nitrogens with zero attached hydrogens (tertiary/aromatic N) is 4. The molecule has 3 heterocycles. The third kappa shape index (κ3) is 5.39. The minimum absolute atomic E-state index is 0.584. The molecule has 0 aliphatic heterocycles. The van der Waals surface area contributed by atoms with Crippen molar-refractivity contribution in [3.63, 3.8) is 0 Å². The van der Waals surface area contributed by atoms with Crippen LogP contribution in [0.2, 0.25) is 0 Å². The van der Waals surface area contributed by atoms with Crippen molar-refractivity contribution in [2.45, 2.75) is 13.8 Å². The highest BCUT2D eigenvalue weighted by atomic mass is 32.1. The molecule has 0 unspecified atom stereocenters. The van der Waals surface area contributed by atoms with Gasteiger partial charge in [-0.1, -0.05) is 178 Å². The number of fused-ring (bicyclic) bond motifs is 11. The van der Waals surface area contributed by atoms with E-state index in [9.17, 15) is 0 Å². The van der Waals surface area contributed by atoms with E-state index in [1.165, 1.54) is 36.3 Å². The van der Waals surface area contributed by atoms with Crippen LogP contribution in [0, 0.1) is 0 Å². The number of hydrogen-bond donors (Lipinski definition) is 0. The molecule has 12 rings (SSSR count). The van der Waals surface area contributed by atoms with E-state index in [1.807, 2.05) is 43.4 Å². The largest absolute Gasteiger partial charge is 0.277 e. The zero-order valence-corrected chi connectivity index (χ0v) is 32.8. The molecular weight excluding hydrogens is 725 g/mol. The first kappa shape index (κ1) is 34.1. The topological polar surface area (TPSA) is 43.6 Å². The van der Waals surface area contributed by atoms with Crippen LogP contribution in [0.3, 0.4) is 0 Å². The molecule has 0 N–H and O–H groups in total. The van der Waals surface area contributed by atoms with Gasteiger partial charge in [-0.2, -0.15) is 9.97 Å². The van der Waals surface area contributed by atoms with Gasteiger partial charge in [0.1, 0.15) is 0 Å². The first-order valence-corrected chi connectivity index (χ1v) is 20.7. The smallest absolute Gasteiger partial charge is 0.238 e. The van der Waals surface area contributed by atoms with E-state index in [1.54, 1.807) is 0 Å². The van der Waals surface area contributed by atoms with Gasteiger partial charge in [-0.3, -0.25) is 4.57 Å². The molecular formula is C53H36N4S. The van der Waals surface area contributed by atoms with E-state index in [-0.39, 0.29) is 0 Å². The Labute approximate surface area is 339 Å². The van der Waals surface area contributed by atoms with Gasteiger partial charge in [0.05, 0.1) is 11.0 Å². The Balaban J connectivity index is 0.00000190. The van der Waals surface area contributed by atoms with Crippen molar-refractivity contribution in [1.29, 1.82) is 0 Å². The molecule has 0 amide bonds. The molecule has 3 aromatic heterocycles. The van der Waals surface area contributed by atoms with Crippen LogP contribution in [0.1, 0.15) is 13.8 Å². The third-order valence-corrected chi connectivity index (χ3v) is 12.3. The summed E-state index contributed by atoms with van der Waals surface area (Å²) in [5, 5.41) is 12.1. The lowest BCUT2D eigenvalue weighted by molar-refractivity contribution is 0.955. The predicted octanol–water partition coefficient (Wildman–Crippen LogP) is 14.8. The lowest BCUT2D eigenvalue weighted by atomic mass is 9.99. The Morgan fingerprint density at radius 2 is 0.983 bits per heavy atom. The Morgan fingerprint density at radius 3 is 1.81 bits per heavy atom. The molecule has 5 heteroatoms. The van der Waals surface area contributed by atoms with Gasteiger partial charge in [0.25, 0.3) is 0 Å². The standard InChI is InChI=1S/C51H30N4S.C2H6/c1-2-14-34(15-3-1)49-52-50(37-22-21-31-11-4-5-16-35(31)29-37)54-51(53-49)55-47-39-18-9-7-13-33(39)23-26-42(47)41-20-10-19-40(48(41)55)36-24-27-43-45(30-36)56-44-28-25-32-12-6-8-17-38(32)46(43)44;1-2/h1-30H;1-2H3. The summed E-state index contributed by atoms with van der Waals surface area (Å²) in [7, 11) is 0. The number of rotatable bonds is 4. The zero-order chi connectivity index (χ0) is 38.7. The van der Waals surface area contributed by atoms with Gasteiger partial charge in [0, 0.05) is 53.0 Å². The number of thiophene rings is 1. The van der Waals surface area contributed by atoms with Crippen molar-refractivity contribution in [3.8, 4) is 39.9 Å². The average Bonchev–Trinajstić information content (AvgIpc) is 3.86. The molecule has 58 heavy (non-hydrogen) atoms. The minimum atomic E-state index is 0.584. The SMILES string of the molecule is CC.c1ccc(-c2nc(-c3ccc4ccccc4c3)nc(-n3c4c(-c5ccc6c(c5)sc5ccc7ccccc7c56)cccc4c4ccc5ccccc5c43)n2)cc1. The van der Waals surface area contributed by atoms with E-state index in [2.05, 4.69) is 168 Å². The number of aromatic nitrogens is 4. The van der Waals surface area contributed by atoms with Gasteiger partial charge in [-0.25, -0.2) is 4.98 Å². The highest BCUT2D eigenvalue weighted by molar-refractivity contribution is 7.26. The monoisotopic (exact) mass is 760 g/mol. The van der Waals surface area contributed by atoms with Crippen LogP contribution in [-0.2, 0) is 0 Å². The fraction of sp³-hybridized carbons (Fsp3) is 0.0377. The summed E-state index contributed by atoms with van der Waals surface area (Å²) >= 11 is 1.86. The molecule has 0 atom stereocenters. The summed E-state index contributed by atoms with van der Waals surface area (Å²) in [6, 6.07) is 65.0. The van der Waals surface area contributed by atoms with Crippen LogP contribution in [-0.4, -0.2) is 19.5 Å². The average molecular weight is 761 g/mol. The van der Waals surface area contributed by atoms with Crippen molar-refractivity contribution in [3.05, 3.63) is 182 Å². The molecule has 12 aromatic rings. The van der Waals surface area contributed by atoms with Gasteiger partial charge in [-0.15, -0.1) is 11.3 Å². The molecule has 4 nitrogen and oxygen atoms in total. The molecule has 274 valence electrons. The normalized spacial score (nSPS) is 11.6. The highest BCUT2D eigenvalue weighted by Crippen LogP contribution is 2.44. The van der Waals surface area contributed by atoms with Crippen LogP contribution in [0.25, 0.3) is 114 Å². The van der Waals surface area contributed by atoms with Crippen molar-refractivity contribution < 1.29 is 0 Å². The first-order chi connectivity index (χ1) is 28.7. The number of benzene rings is 9. The second-order valence-corrected chi connectivity index (χ2v) is 15.5. The van der Waals surface area contributed by atoms with Crippen LogP contribution in [0.4, 0.5) is 0 Å². The highest BCUT2D eigenvalue weighted by Gasteiger charge is 2.22. The Bertz CT molecular complexity index is 3540. The zero-order valence-electron chi connectivity index (χ0n) is 32.0. The fourth-order valence-corrected chi connectivity index (χ4v) is 9.77. The van der Waals surface area contributed by atoms with Crippen molar-refractivity contribution in [1.82, 2.24) is 19.5 Å². The van der Waals surface area contributed by atoms with Crippen molar-refractivity contribution in [2.75, 3.05) is 0 Å². The summed E-state index contributed by atoms with van der Waals surface area (Å²) < 4.78 is 4.86. The molecule has 0 aliphatic carbocycles. The molecule has 0 bridgehead atoms. The van der Waals surface area contributed by atoms with Gasteiger partial charge < -0.3 is 0 Å². The lowest BCUT2D eigenvalue weighted by Gasteiger charge is -2.14.